The molecule has 28 heavy (non-hydrogen) atoms. The first-order valence-electron chi connectivity index (χ1n) is 8.52. The van der Waals surface area contributed by atoms with Gasteiger partial charge in [0.25, 0.3) is 0 Å². The molecule has 0 aromatic heterocycles. The van der Waals surface area contributed by atoms with E-state index in [0.717, 1.165) is 11.6 Å². The van der Waals surface area contributed by atoms with Gasteiger partial charge in [0.1, 0.15) is 17.2 Å². The van der Waals surface area contributed by atoms with E-state index < -0.39 is 17.3 Å². The van der Waals surface area contributed by atoms with Gasteiger partial charge in [0, 0.05) is 11.6 Å². The van der Waals surface area contributed by atoms with Gasteiger partial charge >= 0.3 is 0 Å². The molecule has 0 aliphatic carbocycles. The second-order valence-corrected chi connectivity index (χ2v) is 6.05. The van der Waals surface area contributed by atoms with Gasteiger partial charge in [-0.2, -0.15) is 0 Å². The van der Waals surface area contributed by atoms with Crippen molar-refractivity contribution >= 4 is 17.6 Å². The van der Waals surface area contributed by atoms with E-state index in [0.29, 0.717) is 11.3 Å². The fourth-order valence-electron chi connectivity index (χ4n) is 2.68. The van der Waals surface area contributed by atoms with E-state index in [9.17, 15) is 19.8 Å². The van der Waals surface area contributed by atoms with Crippen LogP contribution >= 0.6 is 0 Å². The Balaban J connectivity index is 1.89. The first kappa shape index (κ1) is 18.9. The van der Waals surface area contributed by atoms with Gasteiger partial charge in [0.05, 0.1) is 18.2 Å². The molecule has 0 heterocycles. The average molecular weight is 374 g/mol. The number of rotatable bonds is 6. The third kappa shape index (κ3) is 4.10. The van der Waals surface area contributed by atoms with Gasteiger partial charge in [-0.25, -0.2) is 0 Å². The molecule has 0 fully saturated rings. The highest BCUT2D eigenvalue weighted by Gasteiger charge is 2.19. The monoisotopic (exact) mass is 374 g/mol. The summed E-state index contributed by atoms with van der Waals surface area (Å²) in [6, 6.07) is 17.7. The molecular formula is C23H18O5. The second kappa shape index (κ2) is 8.22. The molecular weight excluding hydrogens is 356 g/mol. The Morgan fingerprint density at radius 2 is 1.50 bits per heavy atom. The normalized spacial score (nSPS) is 10.8. The van der Waals surface area contributed by atoms with Gasteiger partial charge in [-0.1, -0.05) is 48.5 Å². The summed E-state index contributed by atoms with van der Waals surface area (Å²) in [6.07, 6.45) is 2.89. The van der Waals surface area contributed by atoms with Gasteiger partial charge in [-0.3, -0.25) is 9.59 Å². The van der Waals surface area contributed by atoms with Gasteiger partial charge in [0.15, 0.2) is 11.6 Å². The molecule has 0 bridgehead atoms. The Morgan fingerprint density at radius 3 is 2.14 bits per heavy atom. The van der Waals surface area contributed by atoms with Gasteiger partial charge < -0.3 is 14.9 Å². The number of phenols is 2. The third-order valence-electron chi connectivity index (χ3n) is 4.20. The molecule has 0 aliphatic rings. The van der Waals surface area contributed by atoms with Gasteiger partial charge in [-0.05, 0) is 29.8 Å². The van der Waals surface area contributed by atoms with Crippen molar-refractivity contribution in [2.75, 3.05) is 7.11 Å². The molecule has 0 unspecified atom stereocenters. The lowest BCUT2D eigenvalue weighted by Crippen LogP contribution is -2.04. The molecule has 140 valence electrons. The van der Waals surface area contributed by atoms with Crippen LogP contribution in [0.4, 0.5) is 0 Å². The minimum Gasteiger partial charge on any atom is -0.507 e. The molecule has 0 amide bonds. The number of ether oxygens (including phenoxy) is 1. The van der Waals surface area contributed by atoms with Crippen LogP contribution in [0.1, 0.15) is 31.8 Å². The van der Waals surface area contributed by atoms with Crippen LogP contribution in [0.15, 0.2) is 72.8 Å². The zero-order valence-electron chi connectivity index (χ0n) is 15.1. The van der Waals surface area contributed by atoms with Crippen LogP contribution in [0.2, 0.25) is 0 Å². The topological polar surface area (TPSA) is 83.8 Å². The quantitative estimate of drug-likeness (QED) is 0.498. The van der Waals surface area contributed by atoms with Crippen molar-refractivity contribution in [1.29, 1.82) is 0 Å². The number of hydrogen-bond donors (Lipinski definition) is 2. The molecule has 3 aromatic rings. The number of aromatic hydroxyl groups is 2. The lowest BCUT2D eigenvalue weighted by Gasteiger charge is -2.08. The maximum atomic E-state index is 12.6. The highest BCUT2D eigenvalue weighted by Crippen LogP contribution is 2.30. The first-order valence-corrected chi connectivity index (χ1v) is 8.52. The number of ketones is 2. The van der Waals surface area contributed by atoms with Crippen molar-refractivity contribution in [3.63, 3.8) is 0 Å². The van der Waals surface area contributed by atoms with Crippen LogP contribution in [0.3, 0.4) is 0 Å². The number of carbonyl (C=O) groups excluding carboxylic acids is 2. The fourth-order valence-corrected chi connectivity index (χ4v) is 2.68. The summed E-state index contributed by atoms with van der Waals surface area (Å²) < 4.78 is 5.08. The predicted octanol–water partition coefficient (Wildman–Crippen LogP) is 4.23. The SMILES string of the molecule is COc1ccc(C=CC(=O)c2cc(C(=O)c3ccccc3)c(O)cc2O)cc1. The predicted molar refractivity (Wildman–Crippen MR) is 106 cm³/mol. The zero-order valence-corrected chi connectivity index (χ0v) is 15.1. The summed E-state index contributed by atoms with van der Waals surface area (Å²) >= 11 is 0. The van der Waals surface area contributed by atoms with Crippen molar-refractivity contribution in [2.24, 2.45) is 0 Å². The number of allylic oxidation sites excluding steroid dienone is 1. The number of methoxy groups -OCH3 is 1. The van der Waals surface area contributed by atoms with Crippen molar-refractivity contribution < 1.29 is 24.5 Å². The number of carbonyl (C=O) groups is 2. The largest absolute Gasteiger partial charge is 0.507 e. The minimum absolute atomic E-state index is 0.0507. The van der Waals surface area contributed by atoms with Crippen LogP contribution < -0.4 is 4.74 Å². The molecule has 3 aromatic carbocycles. The van der Waals surface area contributed by atoms with Crippen LogP contribution in [0.25, 0.3) is 6.08 Å². The van der Waals surface area contributed by atoms with Crippen molar-refractivity contribution in [2.45, 2.75) is 0 Å². The molecule has 0 aliphatic heterocycles. The van der Waals surface area contributed by atoms with Gasteiger partial charge in [0.2, 0.25) is 0 Å². The van der Waals surface area contributed by atoms with E-state index in [1.54, 1.807) is 67.8 Å². The zero-order chi connectivity index (χ0) is 20.1. The summed E-state index contributed by atoms with van der Waals surface area (Å²) in [5.74, 6) is -1.01. The Labute approximate surface area is 162 Å². The lowest BCUT2D eigenvalue weighted by molar-refractivity contribution is 0.103. The minimum atomic E-state index is -0.490. The van der Waals surface area contributed by atoms with E-state index in [1.165, 1.54) is 12.1 Å². The van der Waals surface area contributed by atoms with E-state index in [1.807, 2.05) is 0 Å². The van der Waals surface area contributed by atoms with E-state index in [2.05, 4.69) is 0 Å². The molecule has 0 radical (unpaired) electrons. The Hall–Kier alpha value is -3.86. The van der Waals surface area contributed by atoms with Crippen LogP contribution in [0, 0.1) is 0 Å². The number of phenolic OH excluding ortho intramolecular Hbond substituents is 2. The fraction of sp³-hybridized carbons (Fsp3) is 0.0435. The maximum absolute atomic E-state index is 12.6. The highest BCUT2D eigenvalue weighted by atomic mass is 16.5. The van der Waals surface area contributed by atoms with E-state index in [-0.39, 0.29) is 16.9 Å². The first-order chi connectivity index (χ1) is 13.5. The summed E-state index contributed by atoms with van der Waals surface area (Å²) in [4.78, 5) is 25.1. The molecule has 0 atom stereocenters. The van der Waals surface area contributed by atoms with E-state index in [4.69, 9.17) is 4.74 Å². The number of hydrogen-bond acceptors (Lipinski definition) is 5. The molecule has 5 nitrogen and oxygen atoms in total. The van der Waals surface area contributed by atoms with E-state index >= 15 is 0 Å². The average Bonchev–Trinajstić information content (AvgIpc) is 2.72. The molecule has 2 N–H and O–H groups in total. The summed E-state index contributed by atoms with van der Waals surface area (Å²) in [5, 5.41) is 20.1. The lowest BCUT2D eigenvalue weighted by atomic mass is 9.98. The standard InChI is InChI=1S/C23H18O5/c1-28-17-10-7-15(8-11-17)9-12-20(24)18-13-19(22(26)14-21(18)25)23(27)16-5-3-2-4-6-16/h2-14,25-26H,1H3. The molecule has 0 spiro atoms. The summed E-state index contributed by atoms with van der Waals surface area (Å²) in [5.41, 5.74) is 1.02. The molecule has 0 saturated carbocycles. The summed E-state index contributed by atoms with van der Waals surface area (Å²) in [7, 11) is 1.57. The second-order valence-electron chi connectivity index (χ2n) is 6.05. The van der Waals surface area contributed by atoms with Crippen molar-refractivity contribution in [3.8, 4) is 17.2 Å². The van der Waals surface area contributed by atoms with Crippen LogP contribution in [-0.4, -0.2) is 28.9 Å². The smallest absolute Gasteiger partial charge is 0.196 e. The Morgan fingerprint density at radius 1 is 0.857 bits per heavy atom. The van der Waals surface area contributed by atoms with Crippen LogP contribution in [-0.2, 0) is 0 Å². The third-order valence-corrected chi connectivity index (χ3v) is 4.20. The molecule has 3 rings (SSSR count). The van der Waals surface area contributed by atoms with Crippen molar-refractivity contribution in [1.82, 2.24) is 0 Å². The van der Waals surface area contributed by atoms with Crippen LogP contribution in [0.5, 0.6) is 17.2 Å². The Bertz CT molecular complexity index is 1030. The summed E-state index contributed by atoms with van der Waals surface area (Å²) in [6.45, 7) is 0. The van der Waals surface area contributed by atoms with Gasteiger partial charge in [-0.15, -0.1) is 0 Å². The molecule has 0 saturated heterocycles. The Kier molecular flexibility index (Phi) is 5.56. The molecule has 5 heteroatoms. The maximum Gasteiger partial charge on any atom is 0.196 e. The number of benzene rings is 3. The highest BCUT2D eigenvalue weighted by molar-refractivity contribution is 6.14. The van der Waals surface area contributed by atoms with Crippen molar-refractivity contribution in [3.05, 3.63) is 95.1 Å².